The average molecular weight is 626 g/mol. The second-order valence-corrected chi connectivity index (χ2v) is 17.1. The minimum absolute atomic E-state index is 0.00870. The lowest BCUT2D eigenvalue weighted by molar-refractivity contribution is -0.219. The topological polar surface area (TPSA) is 49.3 Å². The van der Waals surface area contributed by atoms with Gasteiger partial charge in [-0.1, -0.05) is 65.0 Å². The summed E-state index contributed by atoms with van der Waals surface area (Å²) in [7, 11) is 0. The van der Waals surface area contributed by atoms with Crippen LogP contribution < -0.4 is 5.32 Å². The van der Waals surface area contributed by atoms with Crippen LogP contribution in [0.1, 0.15) is 122 Å². The van der Waals surface area contributed by atoms with Crippen molar-refractivity contribution in [2.75, 3.05) is 6.54 Å². The van der Waals surface area contributed by atoms with Gasteiger partial charge in [-0.25, -0.2) is 4.79 Å². The summed E-state index contributed by atoms with van der Waals surface area (Å²) in [5.41, 5.74) is 4.17. The lowest BCUT2D eigenvalue weighted by Crippen LogP contribution is -2.68. The highest BCUT2D eigenvalue weighted by Gasteiger charge is 2.70. The Morgan fingerprint density at radius 2 is 1.62 bits per heavy atom. The Balaban J connectivity index is 1.32. The van der Waals surface area contributed by atoms with Gasteiger partial charge in [-0.2, -0.15) is 13.2 Å². The smallest absolute Gasteiger partial charge is 0.390 e. The van der Waals surface area contributed by atoms with E-state index in [1.165, 1.54) is 24.0 Å². The van der Waals surface area contributed by atoms with E-state index >= 15 is 0 Å². The van der Waals surface area contributed by atoms with Crippen LogP contribution in [0.4, 0.5) is 13.2 Å². The average Bonchev–Trinajstić information content (AvgIpc) is 3.32. The molecule has 4 fully saturated rings. The normalized spacial score (nSPS) is 42.1. The zero-order chi connectivity index (χ0) is 32.8. The molecule has 0 heterocycles. The lowest BCUT2D eigenvalue weighted by Gasteiger charge is -2.72. The number of nitrogens with one attached hydrogen (secondary N) is 1. The van der Waals surface area contributed by atoms with Crippen LogP contribution in [0.25, 0.3) is 5.57 Å². The number of fused-ring (bicyclic) bond motifs is 7. The van der Waals surface area contributed by atoms with Gasteiger partial charge in [0.15, 0.2) is 0 Å². The maximum absolute atomic E-state index is 13.2. The SMILES string of the molecule is C=C(C)[C@@H]1CC[C@]2(NCCC(F)(F)F)CC[C@]3(C)[C@H](CC[C@@H]4[C@@]5(C)CC=C(c6ccc(C(=O)O)cc6)C(C)(C)[C@@H]5CC[C@]43C)[C@@H]12. The molecule has 0 aromatic heterocycles. The first-order valence-electron chi connectivity index (χ1n) is 17.4. The molecule has 3 nitrogen and oxygen atoms in total. The highest BCUT2D eigenvalue weighted by molar-refractivity contribution is 5.88. The molecular formula is C39H54F3NO2. The van der Waals surface area contributed by atoms with Gasteiger partial charge < -0.3 is 10.4 Å². The third-order valence-electron chi connectivity index (χ3n) is 15.0. The van der Waals surface area contributed by atoms with Crippen molar-refractivity contribution in [3.05, 3.63) is 53.6 Å². The quantitative estimate of drug-likeness (QED) is 0.309. The lowest BCUT2D eigenvalue weighted by atomic mass is 9.33. The van der Waals surface area contributed by atoms with Gasteiger partial charge in [0.05, 0.1) is 12.0 Å². The minimum Gasteiger partial charge on any atom is -0.478 e. The molecule has 5 aliphatic rings. The van der Waals surface area contributed by atoms with Crippen LogP contribution in [0.5, 0.6) is 0 Å². The zero-order valence-electron chi connectivity index (χ0n) is 28.2. The summed E-state index contributed by atoms with van der Waals surface area (Å²) in [5, 5.41) is 13.0. The van der Waals surface area contributed by atoms with E-state index in [2.05, 4.69) is 59.5 Å². The van der Waals surface area contributed by atoms with Gasteiger partial charge in [0.2, 0.25) is 0 Å². The van der Waals surface area contributed by atoms with Crippen LogP contribution in [0.2, 0.25) is 0 Å². The van der Waals surface area contributed by atoms with Crippen molar-refractivity contribution < 1.29 is 23.1 Å². The molecule has 6 heteroatoms. The third kappa shape index (κ3) is 4.89. The van der Waals surface area contributed by atoms with Crippen LogP contribution in [0, 0.1) is 51.2 Å². The predicted octanol–water partition coefficient (Wildman–Crippen LogP) is 10.3. The molecule has 0 amide bonds. The maximum Gasteiger partial charge on any atom is 0.390 e. The number of carbonyl (C=O) groups is 1. The molecule has 1 aromatic rings. The highest BCUT2D eigenvalue weighted by atomic mass is 19.4. The van der Waals surface area contributed by atoms with Crippen molar-refractivity contribution in [3.63, 3.8) is 0 Å². The number of rotatable bonds is 6. The van der Waals surface area contributed by atoms with Crippen molar-refractivity contribution in [2.24, 2.45) is 51.2 Å². The Morgan fingerprint density at radius 3 is 2.24 bits per heavy atom. The molecule has 0 spiro atoms. The molecule has 0 radical (unpaired) electrons. The zero-order valence-corrected chi connectivity index (χ0v) is 28.2. The Kier molecular flexibility index (Phi) is 7.82. The summed E-state index contributed by atoms with van der Waals surface area (Å²) in [6, 6.07) is 7.42. The van der Waals surface area contributed by atoms with Gasteiger partial charge in [-0.05, 0) is 139 Å². The minimum atomic E-state index is -4.14. The predicted molar refractivity (Wildman–Crippen MR) is 175 cm³/mol. The molecule has 6 rings (SSSR count). The maximum atomic E-state index is 13.2. The second-order valence-electron chi connectivity index (χ2n) is 17.1. The van der Waals surface area contributed by atoms with E-state index in [4.69, 9.17) is 0 Å². The van der Waals surface area contributed by atoms with E-state index in [0.717, 1.165) is 50.5 Å². The van der Waals surface area contributed by atoms with Crippen LogP contribution in [0.3, 0.4) is 0 Å². The molecule has 0 saturated heterocycles. The molecule has 2 N–H and O–H groups in total. The van der Waals surface area contributed by atoms with E-state index in [0.29, 0.717) is 35.2 Å². The van der Waals surface area contributed by atoms with E-state index in [1.807, 2.05) is 12.1 Å². The third-order valence-corrected chi connectivity index (χ3v) is 15.0. The molecule has 45 heavy (non-hydrogen) atoms. The second kappa shape index (κ2) is 10.7. The summed E-state index contributed by atoms with van der Waals surface area (Å²) in [6.07, 6.45) is 7.25. The largest absolute Gasteiger partial charge is 0.478 e. The van der Waals surface area contributed by atoms with E-state index in [-0.39, 0.29) is 33.7 Å². The standard InChI is InChI=1S/C39H54F3NO2/c1-24(2)27-14-19-38(43-23-22-39(40,41)42)21-20-36(6)29(32(27)38)12-13-31-35(5)17-15-28(25-8-10-26(11-9-25)33(44)45)34(3,4)30(35)16-18-37(31,36)7/h8-11,15,27,29-32,43H,1,12-14,16-23H2,2-7H3,(H,44,45)/t27-,29+,30-,31+,32+,35-,36+,37+,38-/m0/s1. The van der Waals surface area contributed by atoms with E-state index < -0.39 is 18.6 Å². The fourth-order valence-electron chi connectivity index (χ4n) is 12.8. The number of alkyl halides is 3. The number of carboxylic acid groups (broad SMARTS) is 1. The summed E-state index contributed by atoms with van der Waals surface area (Å²) < 4.78 is 39.7. The summed E-state index contributed by atoms with van der Waals surface area (Å²) in [4.78, 5) is 11.5. The van der Waals surface area contributed by atoms with Gasteiger partial charge in [-0.15, -0.1) is 0 Å². The van der Waals surface area contributed by atoms with Crippen molar-refractivity contribution in [2.45, 2.75) is 117 Å². The van der Waals surface area contributed by atoms with Gasteiger partial charge in [-0.3, -0.25) is 0 Å². The van der Waals surface area contributed by atoms with Crippen molar-refractivity contribution in [1.29, 1.82) is 0 Å². The Hall–Kier alpha value is -2.08. The first-order valence-corrected chi connectivity index (χ1v) is 17.4. The number of hydrogen-bond donors (Lipinski definition) is 2. The number of aromatic carboxylic acids is 1. The molecule has 0 aliphatic heterocycles. The molecular weight excluding hydrogens is 571 g/mol. The van der Waals surface area contributed by atoms with Crippen LogP contribution in [-0.2, 0) is 0 Å². The molecule has 1 aromatic carbocycles. The fraction of sp³-hybridized carbons (Fsp3) is 0.718. The first kappa shape index (κ1) is 32.8. The molecule has 9 atom stereocenters. The van der Waals surface area contributed by atoms with Gasteiger partial charge in [0, 0.05) is 12.1 Å². The monoisotopic (exact) mass is 625 g/mol. The van der Waals surface area contributed by atoms with E-state index in [9.17, 15) is 23.1 Å². The summed E-state index contributed by atoms with van der Waals surface area (Å²) in [5.74, 6) is 1.38. The van der Waals surface area contributed by atoms with E-state index in [1.54, 1.807) is 12.1 Å². The van der Waals surface area contributed by atoms with Crippen LogP contribution >= 0.6 is 0 Å². The highest BCUT2D eigenvalue weighted by Crippen LogP contribution is 2.76. The number of allylic oxidation sites excluding steroid dienone is 3. The van der Waals surface area contributed by atoms with Crippen molar-refractivity contribution in [1.82, 2.24) is 5.32 Å². The molecule has 4 saturated carbocycles. The summed E-state index contributed by atoms with van der Waals surface area (Å²) >= 11 is 0. The Morgan fingerprint density at radius 1 is 0.933 bits per heavy atom. The molecule has 5 aliphatic carbocycles. The first-order chi connectivity index (χ1) is 20.9. The number of halogens is 3. The Bertz CT molecular complexity index is 1380. The number of hydrogen-bond acceptors (Lipinski definition) is 2. The summed E-state index contributed by atoms with van der Waals surface area (Å²) in [6.45, 7) is 19.1. The van der Waals surface area contributed by atoms with Crippen molar-refractivity contribution >= 4 is 11.5 Å². The van der Waals surface area contributed by atoms with Crippen LogP contribution in [-0.4, -0.2) is 29.3 Å². The van der Waals surface area contributed by atoms with Crippen LogP contribution in [0.15, 0.2) is 42.5 Å². The van der Waals surface area contributed by atoms with Gasteiger partial charge >= 0.3 is 12.1 Å². The molecule has 0 unspecified atom stereocenters. The molecule has 0 bridgehead atoms. The van der Waals surface area contributed by atoms with Gasteiger partial charge in [0.1, 0.15) is 0 Å². The van der Waals surface area contributed by atoms with Crippen molar-refractivity contribution in [3.8, 4) is 0 Å². The molecule has 248 valence electrons. The number of carboxylic acids is 1. The number of benzene rings is 1. The van der Waals surface area contributed by atoms with Gasteiger partial charge in [0.25, 0.3) is 0 Å². The fourth-order valence-corrected chi connectivity index (χ4v) is 12.8. The Labute approximate surface area is 268 Å².